The summed E-state index contributed by atoms with van der Waals surface area (Å²) in [5.41, 5.74) is 18.1. The third kappa shape index (κ3) is 4.95. The lowest BCUT2D eigenvalue weighted by molar-refractivity contribution is 0.142. The van der Waals surface area contributed by atoms with Crippen LogP contribution in [0.25, 0.3) is 10.9 Å². The molecule has 0 saturated carbocycles. The van der Waals surface area contributed by atoms with Crippen LogP contribution in [-0.2, 0) is 4.74 Å². The van der Waals surface area contributed by atoms with Crippen molar-refractivity contribution in [2.45, 2.75) is 12.5 Å². The van der Waals surface area contributed by atoms with Crippen LogP contribution in [0, 0.1) is 5.82 Å². The molecule has 0 spiro atoms. The summed E-state index contributed by atoms with van der Waals surface area (Å²) in [7, 11) is 0. The zero-order valence-electron chi connectivity index (χ0n) is 16.8. The maximum Gasteiger partial charge on any atom is 0.223 e. The number of guanidine groups is 2. The van der Waals surface area contributed by atoms with Crippen LogP contribution in [0.1, 0.15) is 6.42 Å². The second-order valence-corrected chi connectivity index (χ2v) is 7.33. The number of benzene rings is 2. The molecule has 2 heterocycles. The first kappa shape index (κ1) is 21.5. The van der Waals surface area contributed by atoms with Crippen molar-refractivity contribution in [3.05, 3.63) is 47.5 Å². The Hall–Kier alpha value is -3.70. The lowest BCUT2D eigenvalue weighted by Gasteiger charge is -2.16. The largest absolute Gasteiger partial charge is 0.486 e. The van der Waals surface area contributed by atoms with Gasteiger partial charge in [-0.2, -0.15) is 4.99 Å². The molecule has 0 aliphatic carbocycles. The van der Waals surface area contributed by atoms with E-state index in [9.17, 15) is 4.39 Å². The fourth-order valence-electron chi connectivity index (χ4n) is 3.13. The first-order valence-electron chi connectivity index (χ1n) is 9.58. The van der Waals surface area contributed by atoms with Gasteiger partial charge in [0.1, 0.15) is 35.5 Å². The Labute approximate surface area is 187 Å². The number of fused-ring (bicyclic) bond motifs is 1. The Morgan fingerprint density at radius 2 is 2.06 bits per heavy atom. The van der Waals surface area contributed by atoms with E-state index in [1.807, 2.05) is 0 Å². The Morgan fingerprint density at radius 1 is 1.22 bits per heavy atom. The molecule has 2 aromatic carbocycles. The van der Waals surface area contributed by atoms with Crippen molar-refractivity contribution in [2.75, 3.05) is 18.5 Å². The fraction of sp³-hybridized carbons (Fsp3) is 0.200. The second kappa shape index (κ2) is 9.20. The molecule has 3 aromatic rings. The average molecular weight is 459 g/mol. The van der Waals surface area contributed by atoms with Gasteiger partial charge in [-0.15, -0.1) is 0 Å². The quantitative estimate of drug-likeness (QED) is 0.335. The van der Waals surface area contributed by atoms with E-state index in [1.165, 1.54) is 18.5 Å². The van der Waals surface area contributed by atoms with E-state index in [4.69, 9.17) is 38.3 Å². The van der Waals surface area contributed by atoms with Crippen LogP contribution in [0.4, 0.5) is 21.6 Å². The highest BCUT2D eigenvalue weighted by atomic mass is 35.5. The van der Waals surface area contributed by atoms with Crippen molar-refractivity contribution < 1.29 is 13.9 Å². The molecule has 32 heavy (non-hydrogen) atoms. The average Bonchev–Trinajstić information content (AvgIpc) is 3.24. The van der Waals surface area contributed by atoms with Crippen molar-refractivity contribution >= 4 is 51.6 Å². The molecule has 166 valence electrons. The molecule has 1 aliphatic rings. The highest BCUT2D eigenvalue weighted by Crippen LogP contribution is 2.36. The van der Waals surface area contributed by atoms with Crippen LogP contribution >= 0.6 is 11.6 Å². The van der Waals surface area contributed by atoms with Crippen LogP contribution in [0.2, 0.25) is 5.02 Å². The zero-order valence-corrected chi connectivity index (χ0v) is 17.5. The number of nitrogens with one attached hydrogen (secondary N) is 1. The summed E-state index contributed by atoms with van der Waals surface area (Å²) < 4.78 is 25.0. The number of hydrogen-bond acceptors (Lipinski definition) is 6. The lowest BCUT2D eigenvalue weighted by atomic mass is 10.2. The monoisotopic (exact) mass is 458 g/mol. The molecule has 1 fully saturated rings. The van der Waals surface area contributed by atoms with Gasteiger partial charge in [-0.25, -0.2) is 19.4 Å². The van der Waals surface area contributed by atoms with E-state index in [0.717, 1.165) is 6.42 Å². The lowest BCUT2D eigenvalue weighted by Crippen LogP contribution is -2.26. The highest BCUT2D eigenvalue weighted by Gasteiger charge is 2.20. The van der Waals surface area contributed by atoms with Gasteiger partial charge in [-0.3, -0.25) is 0 Å². The smallest absolute Gasteiger partial charge is 0.223 e. The number of hydrogen-bond donors (Lipinski definition) is 4. The molecule has 1 unspecified atom stereocenters. The minimum Gasteiger partial charge on any atom is -0.486 e. The standard InChI is InChI=1S/C20H20ClFN8O2/c21-13-5-10(1-2-14(13)22)28-18-12-6-16(29-20(25)30-19(23)24)17(7-15(12)26-9-27-18)32-11-3-4-31-8-11/h1-2,5-7,9,11H,3-4,8H2,(H,26,27,28)(H6,23,24,25,29,30). The summed E-state index contributed by atoms with van der Waals surface area (Å²) >= 11 is 5.89. The predicted molar refractivity (Wildman–Crippen MR) is 121 cm³/mol. The maximum absolute atomic E-state index is 13.5. The third-order valence-electron chi connectivity index (χ3n) is 4.56. The van der Waals surface area contributed by atoms with Crippen LogP contribution in [0.15, 0.2) is 46.6 Å². The molecular weight excluding hydrogens is 439 g/mol. The number of nitrogens with zero attached hydrogens (tertiary/aromatic N) is 4. The van der Waals surface area contributed by atoms with E-state index in [-0.39, 0.29) is 23.0 Å². The topological polar surface area (TPSA) is 159 Å². The van der Waals surface area contributed by atoms with E-state index in [2.05, 4.69) is 25.3 Å². The SMILES string of the molecule is NC(N)=NC(N)=Nc1cc2c(Nc3ccc(F)c(Cl)c3)ncnc2cc1OC1CCOC1. The number of rotatable bonds is 5. The summed E-state index contributed by atoms with van der Waals surface area (Å²) in [5.74, 6) is 0.00176. The van der Waals surface area contributed by atoms with Gasteiger partial charge in [0, 0.05) is 23.6 Å². The van der Waals surface area contributed by atoms with Gasteiger partial charge >= 0.3 is 0 Å². The van der Waals surface area contributed by atoms with Crippen LogP contribution in [0.5, 0.6) is 5.75 Å². The fourth-order valence-corrected chi connectivity index (χ4v) is 3.31. The van der Waals surface area contributed by atoms with Crippen molar-refractivity contribution in [3.8, 4) is 5.75 Å². The molecule has 4 rings (SSSR count). The maximum atomic E-state index is 13.5. The van der Waals surface area contributed by atoms with Crippen LogP contribution in [0.3, 0.4) is 0 Å². The minimum atomic E-state index is -0.519. The molecule has 1 saturated heterocycles. The first-order valence-corrected chi connectivity index (χ1v) is 9.96. The molecule has 12 heteroatoms. The van der Waals surface area contributed by atoms with E-state index in [1.54, 1.807) is 18.2 Å². The van der Waals surface area contributed by atoms with Gasteiger partial charge in [0.05, 0.1) is 23.8 Å². The number of halogens is 2. The number of aromatic nitrogens is 2. The predicted octanol–water partition coefficient (Wildman–Crippen LogP) is 2.55. The molecule has 1 atom stereocenters. The Bertz CT molecular complexity index is 1210. The summed E-state index contributed by atoms with van der Waals surface area (Å²) in [6.07, 6.45) is 2.01. The normalized spacial score (nSPS) is 16.2. The summed E-state index contributed by atoms with van der Waals surface area (Å²) in [5, 5.41) is 3.70. The Balaban J connectivity index is 1.78. The number of nitrogens with two attached hydrogens (primary N) is 3. The second-order valence-electron chi connectivity index (χ2n) is 6.92. The molecule has 0 amide bonds. The molecular formula is C20H20ClFN8O2. The van der Waals surface area contributed by atoms with Gasteiger partial charge in [0.15, 0.2) is 5.96 Å². The third-order valence-corrected chi connectivity index (χ3v) is 4.85. The van der Waals surface area contributed by atoms with Gasteiger partial charge in [0.25, 0.3) is 0 Å². The summed E-state index contributed by atoms with van der Waals surface area (Å²) in [6, 6.07) is 7.68. The highest BCUT2D eigenvalue weighted by molar-refractivity contribution is 6.31. The van der Waals surface area contributed by atoms with Crippen LogP contribution in [-0.4, -0.2) is 41.2 Å². The molecule has 1 aliphatic heterocycles. The van der Waals surface area contributed by atoms with Crippen molar-refractivity contribution in [2.24, 2.45) is 27.2 Å². The first-order chi connectivity index (χ1) is 15.4. The summed E-state index contributed by atoms with van der Waals surface area (Å²) in [6.45, 7) is 1.08. The summed E-state index contributed by atoms with van der Waals surface area (Å²) in [4.78, 5) is 16.7. The van der Waals surface area contributed by atoms with Crippen LogP contribution < -0.4 is 27.3 Å². The van der Waals surface area contributed by atoms with Crippen molar-refractivity contribution in [1.29, 1.82) is 0 Å². The van der Waals surface area contributed by atoms with Gasteiger partial charge in [-0.05, 0) is 24.3 Å². The molecule has 1 aromatic heterocycles. The van der Waals surface area contributed by atoms with E-state index < -0.39 is 5.82 Å². The Kier molecular flexibility index (Phi) is 6.19. The molecule has 10 nitrogen and oxygen atoms in total. The van der Waals surface area contributed by atoms with E-state index in [0.29, 0.717) is 47.1 Å². The molecule has 7 N–H and O–H groups in total. The number of ether oxygens (including phenoxy) is 2. The number of anilines is 2. The van der Waals surface area contributed by atoms with Gasteiger partial charge in [-0.1, -0.05) is 11.6 Å². The zero-order chi connectivity index (χ0) is 22.7. The van der Waals surface area contributed by atoms with Gasteiger partial charge in [0.2, 0.25) is 5.96 Å². The Morgan fingerprint density at radius 3 is 2.78 bits per heavy atom. The van der Waals surface area contributed by atoms with Crippen molar-refractivity contribution in [1.82, 2.24) is 9.97 Å². The van der Waals surface area contributed by atoms with Gasteiger partial charge < -0.3 is 32.0 Å². The molecule has 0 radical (unpaired) electrons. The van der Waals surface area contributed by atoms with E-state index >= 15 is 0 Å². The minimum absolute atomic E-state index is 0.0156. The van der Waals surface area contributed by atoms with Crippen molar-refractivity contribution in [3.63, 3.8) is 0 Å². The number of aliphatic imine (C=N–C) groups is 2. The molecule has 0 bridgehead atoms.